The Bertz CT molecular complexity index is 656. The molecule has 108 valence electrons. The second kappa shape index (κ2) is 6.90. The van der Waals surface area contributed by atoms with Gasteiger partial charge in [0.05, 0.1) is 5.56 Å². The van der Waals surface area contributed by atoms with E-state index in [4.69, 9.17) is 16.3 Å². The molecule has 0 aromatic heterocycles. The Hall–Kier alpha value is -2.33. The van der Waals surface area contributed by atoms with Crippen molar-refractivity contribution >= 4 is 29.0 Å². The monoisotopic (exact) mass is 303 g/mol. The maximum atomic E-state index is 11.8. The summed E-state index contributed by atoms with van der Waals surface area (Å²) in [6.07, 6.45) is 0. The Balaban J connectivity index is 2.01. The second-order valence-corrected chi connectivity index (χ2v) is 4.84. The average Bonchev–Trinajstić information content (AvgIpc) is 2.46. The number of benzene rings is 2. The molecule has 0 fully saturated rings. The van der Waals surface area contributed by atoms with Gasteiger partial charge in [0.2, 0.25) is 0 Å². The normalized spacial score (nSPS) is 10.0. The number of carbonyl (C=O) groups excluding carboxylic acids is 2. The molecule has 2 aromatic rings. The highest BCUT2D eigenvalue weighted by molar-refractivity contribution is 6.30. The fourth-order valence-electron chi connectivity index (χ4n) is 1.77. The largest absolute Gasteiger partial charge is 0.483 e. The molecular weight excluding hydrogens is 290 g/mol. The molecule has 0 unspecified atom stereocenters. The third-order valence-electron chi connectivity index (χ3n) is 2.74. The van der Waals surface area contributed by atoms with Gasteiger partial charge < -0.3 is 10.1 Å². The fraction of sp³-hybridized carbons (Fsp3) is 0.125. The summed E-state index contributed by atoms with van der Waals surface area (Å²) in [6.45, 7) is 1.23. The van der Waals surface area contributed by atoms with Gasteiger partial charge in [0, 0.05) is 10.7 Å². The second-order valence-electron chi connectivity index (χ2n) is 4.40. The van der Waals surface area contributed by atoms with E-state index in [1.54, 1.807) is 24.3 Å². The van der Waals surface area contributed by atoms with Gasteiger partial charge in [-0.1, -0.05) is 29.8 Å². The molecule has 0 saturated carbocycles. The highest BCUT2D eigenvalue weighted by Crippen LogP contribution is 2.23. The predicted octanol–water partition coefficient (Wildman–Crippen LogP) is 3.56. The number of anilines is 1. The van der Waals surface area contributed by atoms with Gasteiger partial charge in [-0.15, -0.1) is 0 Å². The van der Waals surface area contributed by atoms with Gasteiger partial charge in [-0.3, -0.25) is 9.59 Å². The number of ketones is 1. The molecule has 0 bridgehead atoms. The lowest BCUT2D eigenvalue weighted by molar-refractivity contribution is -0.118. The van der Waals surface area contributed by atoms with E-state index in [0.29, 0.717) is 22.0 Å². The van der Waals surface area contributed by atoms with Crippen molar-refractivity contribution in [3.8, 4) is 5.75 Å². The van der Waals surface area contributed by atoms with E-state index < -0.39 is 0 Å². The number of Topliss-reactive ketones (excluding diaryl/α,β-unsaturated/α-hetero) is 1. The van der Waals surface area contributed by atoms with Crippen molar-refractivity contribution in [2.24, 2.45) is 0 Å². The predicted molar refractivity (Wildman–Crippen MR) is 82.0 cm³/mol. The van der Waals surface area contributed by atoms with Crippen LogP contribution >= 0.6 is 11.6 Å². The van der Waals surface area contributed by atoms with Crippen LogP contribution in [0.15, 0.2) is 48.5 Å². The number of para-hydroxylation sites is 1. The zero-order valence-corrected chi connectivity index (χ0v) is 12.2. The summed E-state index contributed by atoms with van der Waals surface area (Å²) in [7, 11) is 0. The molecule has 0 aliphatic heterocycles. The number of rotatable bonds is 5. The van der Waals surface area contributed by atoms with Crippen LogP contribution in [0.3, 0.4) is 0 Å². The van der Waals surface area contributed by atoms with Gasteiger partial charge >= 0.3 is 0 Å². The van der Waals surface area contributed by atoms with Crippen LogP contribution in [0.25, 0.3) is 0 Å². The summed E-state index contributed by atoms with van der Waals surface area (Å²) in [4.78, 5) is 23.3. The first-order valence-electron chi connectivity index (χ1n) is 6.34. The molecule has 0 aliphatic carbocycles. The van der Waals surface area contributed by atoms with E-state index in [9.17, 15) is 9.59 Å². The Morgan fingerprint density at radius 3 is 2.52 bits per heavy atom. The third-order valence-corrected chi connectivity index (χ3v) is 2.97. The van der Waals surface area contributed by atoms with Gasteiger partial charge in [0.25, 0.3) is 5.91 Å². The van der Waals surface area contributed by atoms with Crippen LogP contribution in [0, 0.1) is 0 Å². The number of amides is 1. The van der Waals surface area contributed by atoms with Gasteiger partial charge in [-0.2, -0.15) is 0 Å². The molecule has 0 radical (unpaired) electrons. The molecule has 0 aliphatic rings. The molecule has 1 amide bonds. The van der Waals surface area contributed by atoms with Crippen LogP contribution in [-0.4, -0.2) is 18.3 Å². The van der Waals surface area contributed by atoms with E-state index >= 15 is 0 Å². The van der Waals surface area contributed by atoms with Gasteiger partial charge in [0.1, 0.15) is 5.75 Å². The number of ether oxygens (including phenoxy) is 1. The Kier molecular flexibility index (Phi) is 4.95. The SMILES string of the molecule is CC(=O)c1ccc(Cl)cc1OCC(=O)Nc1ccccc1. The number of carbonyl (C=O) groups is 2. The van der Waals surface area contributed by atoms with E-state index in [2.05, 4.69) is 5.32 Å². The van der Waals surface area contributed by atoms with Crippen LogP contribution in [-0.2, 0) is 4.79 Å². The summed E-state index contributed by atoms with van der Waals surface area (Å²) >= 11 is 5.87. The zero-order chi connectivity index (χ0) is 15.2. The van der Waals surface area contributed by atoms with Gasteiger partial charge in [-0.05, 0) is 37.3 Å². The van der Waals surface area contributed by atoms with Gasteiger partial charge in [0.15, 0.2) is 12.4 Å². The zero-order valence-electron chi connectivity index (χ0n) is 11.4. The molecule has 0 heterocycles. The molecule has 2 rings (SSSR count). The minimum atomic E-state index is -0.310. The average molecular weight is 304 g/mol. The smallest absolute Gasteiger partial charge is 0.262 e. The van der Waals surface area contributed by atoms with Crippen molar-refractivity contribution in [2.45, 2.75) is 6.92 Å². The first-order chi connectivity index (χ1) is 10.1. The van der Waals surface area contributed by atoms with E-state index in [-0.39, 0.29) is 18.3 Å². The van der Waals surface area contributed by atoms with E-state index in [0.717, 1.165) is 0 Å². The quantitative estimate of drug-likeness (QED) is 0.859. The minimum absolute atomic E-state index is 0.148. The number of nitrogens with one attached hydrogen (secondary N) is 1. The lowest BCUT2D eigenvalue weighted by Gasteiger charge is -2.10. The molecule has 0 saturated heterocycles. The number of hydrogen-bond donors (Lipinski definition) is 1. The minimum Gasteiger partial charge on any atom is -0.483 e. The lowest BCUT2D eigenvalue weighted by atomic mass is 10.1. The highest BCUT2D eigenvalue weighted by Gasteiger charge is 2.11. The molecule has 21 heavy (non-hydrogen) atoms. The van der Waals surface area contributed by atoms with Crippen molar-refractivity contribution in [1.82, 2.24) is 0 Å². The lowest BCUT2D eigenvalue weighted by Crippen LogP contribution is -2.20. The fourth-order valence-corrected chi connectivity index (χ4v) is 1.93. The maximum absolute atomic E-state index is 11.8. The van der Waals surface area contributed by atoms with Crippen molar-refractivity contribution in [3.63, 3.8) is 0 Å². The Morgan fingerprint density at radius 1 is 1.14 bits per heavy atom. The topological polar surface area (TPSA) is 55.4 Å². The molecule has 0 atom stereocenters. The standard InChI is InChI=1S/C16H14ClNO3/c1-11(19)14-8-7-12(17)9-15(14)21-10-16(20)18-13-5-3-2-4-6-13/h2-9H,10H2,1H3,(H,18,20). The van der Waals surface area contributed by atoms with Gasteiger partial charge in [-0.25, -0.2) is 0 Å². The highest BCUT2D eigenvalue weighted by atomic mass is 35.5. The Morgan fingerprint density at radius 2 is 1.86 bits per heavy atom. The molecule has 1 N–H and O–H groups in total. The summed E-state index contributed by atoms with van der Waals surface area (Å²) in [5, 5.41) is 3.14. The number of halogens is 1. The van der Waals surface area contributed by atoms with Crippen LogP contribution in [0.1, 0.15) is 17.3 Å². The van der Waals surface area contributed by atoms with Crippen LogP contribution in [0.4, 0.5) is 5.69 Å². The van der Waals surface area contributed by atoms with Crippen LogP contribution in [0.2, 0.25) is 5.02 Å². The molecule has 0 spiro atoms. The first kappa shape index (κ1) is 15.1. The summed E-state index contributed by atoms with van der Waals surface area (Å²) in [6, 6.07) is 13.8. The van der Waals surface area contributed by atoms with Crippen molar-refractivity contribution in [3.05, 3.63) is 59.1 Å². The van der Waals surface area contributed by atoms with Crippen molar-refractivity contribution in [2.75, 3.05) is 11.9 Å². The number of hydrogen-bond acceptors (Lipinski definition) is 3. The maximum Gasteiger partial charge on any atom is 0.262 e. The van der Waals surface area contributed by atoms with E-state index in [1.165, 1.54) is 13.0 Å². The summed E-state index contributed by atoms with van der Waals surface area (Å²) in [5.41, 5.74) is 1.08. The molecule has 5 heteroatoms. The van der Waals surface area contributed by atoms with Crippen molar-refractivity contribution in [1.29, 1.82) is 0 Å². The van der Waals surface area contributed by atoms with Crippen LogP contribution in [0.5, 0.6) is 5.75 Å². The van der Waals surface area contributed by atoms with E-state index in [1.807, 2.05) is 18.2 Å². The third kappa shape index (κ3) is 4.33. The Labute approximate surface area is 127 Å². The molecule has 4 nitrogen and oxygen atoms in total. The molecule has 2 aromatic carbocycles. The summed E-state index contributed by atoms with van der Waals surface area (Å²) < 4.78 is 5.40. The summed E-state index contributed by atoms with van der Waals surface area (Å²) in [5.74, 6) is -0.154. The molecular formula is C16H14ClNO3. The first-order valence-corrected chi connectivity index (χ1v) is 6.72. The van der Waals surface area contributed by atoms with Crippen molar-refractivity contribution < 1.29 is 14.3 Å². The van der Waals surface area contributed by atoms with Crippen LogP contribution < -0.4 is 10.1 Å².